The summed E-state index contributed by atoms with van der Waals surface area (Å²) in [6, 6.07) is 5.32. The first kappa shape index (κ1) is 22.6. The largest absolute Gasteiger partial charge is 0.497 e. The van der Waals surface area contributed by atoms with Gasteiger partial charge in [0.2, 0.25) is 16.2 Å². The van der Waals surface area contributed by atoms with Gasteiger partial charge in [0.05, 0.1) is 26.6 Å². The Bertz CT molecular complexity index is 1060. The highest BCUT2D eigenvalue weighted by molar-refractivity contribution is 7.19. The Kier molecular flexibility index (Phi) is 7.10. The van der Waals surface area contributed by atoms with Crippen molar-refractivity contribution in [2.75, 3.05) is 50.0 Å². The Balaban J connectivity index is 1.37. The van der Waals surface area contributed by atoms with E-state index in [1.807, 2.05) is 0 Å². The summed E-state index contributed by atoms with van der Waals surface area (Å²) in [5.41, 5.74) is 0.595. The number of carbonyl (C=O) groups excluding carboxylic acids is 1. The first-order valence-corrected chi connectivity index (χ1v) is 11.0. The lowest BCUT2D eigenvalue weighted by atomic mass is 10.1. The van der Waals surface area contributed by atoms with E-state index in [1.54, 1.807) is 44.8 Å². The molecule has 1 aliphatic heterocycles. The van der Waals surface area contributed by atoms with Crippen LogP contribution in [0.4, 0.5) is 16.2 Å². The number of aromatic nitrogens is 5. The smallest absolute Gasteiger partial charge is 0.259 e. The highest BCUT2D eigenvalue weighted by Gasteiger charge is 2.26. The summed E-state index contributed by atoms with van der Waals surface area (Å²) in [6.07, 6.45) is 3.18. The van der Waals surface area contributed by atoms with Crippen LogP contribution in [-0.4, -0.2) is 71.7 Å². The van der Waals surface area contributed by atoms with Crippen LogP contribution in [0.5, 0.6) is 11.5 Å². The zero-order valence-electron chi connectivity index (χ0n) is 18.4. The molecule has 1 aromatic carbocycles. The minimum Gasteiger partial charge on any atom is -0.497 e. The summed E-state index contributed by atoms with van der Waals surface area (Å²) < 4.78 is 16.0. The van der Waals surface area contributed by atoms with Gasteiger partial charge < -0.3 is 24.4 Å². The highest BCUT2D eigenvalue weighted by Crippen LogP contribution is 2.30. The summed E-state index contributed by atoms with van der Waals surface area (Å²) in [4.78, 5) is 19.2. The average Bonchev–Trinajstić information content (AvgIpc) is 3.49. The Labute approximate surface area is 194 Å². The van der Waals surface area contributed by atoms with Crippen LogP contribution in [0, 0.1) is 0 Å². The summed E-state index contributed by atoms with van der Waals surface area (Å²) in [7, 11) is 4.55. The van der Waals surface area contributed by atoms with Crippen molar-refractivity contribution in [3.8, 4) is 11.5 Å². The molecule has 2 N–H and O–H groups in total. The van der Waals surface area contributed by atoms with Gasteiger partial charge in [-0.15, -0.1) is 15.3 Å². The zero-order valence-corrected chi connectivity index (χ0v) is 19.2. The Morgan fingerprint density at radius 1 is 1.09 bits per heavy atom. The second kappa shape index (κ2) is 10.4. The number of amides is 1. The minimum absolute atomic E-state index is 0.154. The number of hydrogen-bond acceptors (Lipinski definition) is 12. The van der Waals surface area contributed by atoms with Gasteiger partial charge >= 0.3 is 0 Å². The van der Waals surface area contributed by atoms with Crippen LogP contribution in [0.25, 0.3) is 0 Å². The Morgan fingerprint density at radius 3 is 2.52 bits per heavy atom. The number of anilines is 3. The minimum atomic E-state index is -0.878. The predicted octanol–water partition coefficient (Wildman–Crippen LogP) is 1.76. The van der Waals surface area contributed by atoms with E-state index in [-0.39, 0.29) is 11.9 Å². The molecule has 13 heteroatoms. The van der Waals surface area contributed by atoms with E-state index in [0.29, 0.717) is 33.3 Å². The molecule has 1 amide bonds. The van der Waals surface area contributed by atoms with Crippen LogP contribution >= 0.6 is 11.3 Å². The van der Waals surface area contributed by atoms with Gasteiger partial charge in [-0.1, -0.05) is 11.3 Å². The van der Waals surface area contributed by atoms with Crippen molar-refractivity contribution >= 4 is 33.5 Å². The maximum Gasteiger partial charge on any atom is 0.259 e. The predicted molar refractivity (Wildman–Crippen MR) is 122 cm³/mol. The van der Waals surface area contributed by atoms with Gasteiger partial charge in [0, 0.05) is 32.3 Å². The molecule has 1 saturated heterocycles. The van der Waals surface area contributed by atoms with E-state index in [1.165, 1.54) is 18.4 Å². The second-order valence-corrected chi connectivity index (χ2v) is 8.16. The first-order chi connectivity index (χ1) is 16.1. The molecule has 0 radical (unpaired) electrons. The molecule has 3 heterocycles. The van der Waals surface area contributed by atoms with Gasteiger partial charge in [-0.05, 0) is 24.1 Å². The number of rotatable bonds is 9. The number of ether oxygens (including phenoxy) is 3. The van der Waals surface area contributed by atoms with E-state index in [4.69, 9.17) is 14.2 Å². The summed E-state index contributed by atoms with van der Waals surface area (Å²) in [6.45, 7) is 1.53. The molecular weight excluding hydrogens is 448 g/mol. The summed E-state index contributed by atoms with van der Waals surface area (Å²) >= 11 is 1.25. The zero-order chi connectivity index (χ0) is 23.2. The van der Waals surface area contributed by atoms with Gasteiger partial charge in [0.15, 0.2) is 6.10 Å². The molecule has 1 fully saturated rings. The molecule has 174 valence electrons. The van der Waals surface area contributed by atoms with Crippen LogP contribution in [0.15, 0.2) is 30.6 Å². The van der Waals surface area contributed by atoms with Gasteiger partial charge in [-0.3, -0.25) is 10.1 Å². The third-order valence-corrected chi connectivity index (χ3v) is 5.84. The molecule has 12 nitrogen and oxygen atoms in total. The molecule has 0 bridgehead atoms. The van der Waals surface area contributed by atoms with Crippen molar-refractivity contribution in [1.82, 2.24) is 25.4 Å². The topological polar surface area (TPSA) is 137 Å². The van der Waals surface area contributed by atoms with Crippen LogP contribution in [0.1, 0.15) is 18.1 Å². The fraction of sp³-hybridized carbons (Fsp3) is 0.400. The van der Waals surface area contributed by atoms with Gasteiger partial charge in [0.1, 0.15) is 11.5 Å². The molecule has 2 aromatic heterocycles. The van der Waals surface area contributed by atoms with Gasteiger partial charge in [0.25, 0.3) is 5.91 Å². The second-order valence-electron chi connectivity index (χ2n) is 7.18. The molecule has 2 atom stereocenters. The Morgan fingerprint density at radius 2 is 1.85 bits per heavy atom. The monoisotopic (exact) mass is 472 g/mol. The number of nitrogens with zero attached hydrogens (tertiary/aromatic N) is 6. The standard InChI is InChI=1S/C20H24N8O4S/c1-30-14-8-12(9-15(10-14)31-2)16(32-3)17(29)24-20-27-26-19(33-20)23-13-4-7-28(11-13)18-21-5-6-22-25-18/h5-6,8-10,13,16H,4,7,11H2,1-3H3,(H,23,26)(H,24,27,29). The van der Waals surface area contributed by atoms with E-state index >= 15 is 0 Å². The lowest BCUT2D eigenvalue weighted by Crippen LogP contribution is -2.27. The van der Waals surface area contributed by atoms with E-state index in [9.17, 15) is 4.79 Å². The van der Waals surface area contributed by atoms with Crippen molar-refractivity contribution in [2.45, 2.75) is 18.6 Å². The SMILES string of the molecule is COc1cc(OC)cc(C(OC)C(=O)Nc2nnc(NC3CCN(c4nccnn4)C3)s2)c1. The fourth-order valence-corrected chi connectivity index (χ4v) is 4.22. The number of hydrogen-bond donors (Lipinski definition) is 2. The molecule has 3 aromatic rings. The van der Waals surface area contributed by atoms with Crippen molar-refractivity contribution in [3.05, 3.63) is 36.2 Å². The van der Waals surface area contributed by atoms with Crippen molar-refractivity contribution < 1.29 is 19.0 Å². The van der Waals surface area contributed by atoms with Crippen molar-refractivity contribution in [2.24, 2.45) is 0 Å². The lowest BCUT2D eigenvalue weighted by Gasteiger charge is -2.16. The van der Waals surface area contributed by atoms with Crippen LogP contribution in [0.3, 0.4) is 0 Å². The number of benzene rings is 1. The van der Waals surface area contributed by atoms with Crippen molar-refractivity contribution in [1.29, 1.82) is 0 Å². The molecule has 33 heavy (non-hydrogen) atoms. The van der Waals surface area contributed by atoms with E-state index in [2.05, 4.69) is 40.9 Å². The van der Waals surface area contributed by atoms with Crippen LogP contribution in [-0.2, 0) is 9.53 Å². The van der Waals surface area contributed by atoms with E-state index in [0.717, 1.165) is 19.5 Å². The Hall–Kier alpha value is -3.58. The van der Waals surface area contributed by atoms with Crippen molar-refractivity contribution in [3.63, 3.8) is 0 Å². The third kappa shape index (κ3) is 5.43. The molecule has 4 rings (SSSR count). The van der Waals surface area contributed by atoms with Gasteiger partial charge in [-0.25, -0.2) is 4.98 Å². The van der Waals surface area contributed by atoms with Gasteiger partial charge in [-0.2, -0.15) is 5.10 Å². The third-order valence-electron chi connectivity index (χ3n) is 5.07. The maximum absolute atomic E-state index is 12.9. The average molecular weight is 473 g/mol. The molecule has 1 aliphatic rings. The lowest BCUT2D eigenvalue weighted by molar-refractivity contribution is -0.126. The quantitative estimate of drug-likeness (QED) is 0.471. The number of nitrogens with one attached hydrogen (secondary N) is 2. The van der Waals surface area contributed by atoms with Crippen LogP contribution < -0.4 is 25.0 Å². The maximum atomic E-state index is 12.9. The number of carbonyl (C=O) groups is 1. The van der Waals surface area contributed by atoms with E-state index < -0.39 is 6.10 Å². The number of methoxy groups -OCH3 is 3. The molecule has 0 aliphatic carbocycles. The first-order valence-electron chi connectivity index (χ1n) is 10.1. The normalized spacial score (nSPS) is 16.3. The molecular formula is C20H24N8O4S. The summed E-state index contributed by atoms with van der Waals surface area (Å²) in [5.74, 6) is 1.34. The molecule has 0 spiro atoms. The highest BCUT2D eigenvalue weighted by atomic mass is 32.1. The molecule has 2 unspecified atom stereocenters. The molecule has 0 saturated carbocycles. The fourth-order valence-electron chi connectivity index (χ4n) is 3.50. The summed E-state index contributed by atoms with van der Waals surface area (Å²) in [5, 5.41) is 23.2. The van der Waals surface area contributed by atoms with Crippen LogP contribution in [0.2, 0.25) is 0 Å².